The van der Waals surface area contributed by atoms with Crippen LogP contribution >= 0.6 is 0 Å². The van der Waals surface area contributed by atoms with E-state index >= 15 is 0 Å². The Hall–Kier alpha value is -2.37. The summed E-state index contributed by atoms with van der Waals surface area (Å²) in [5, 5.41) is 6.31. The predicted octanol–water partition coefficient (Wildman–Crippen LogP) is 2.68. The van der Waals surface area contributed by atoms with Crippen LogP contribution in [0.3, 0.4) is 0 Å². The predicted molar refractivity (Wildman–Crippen MR) is 72.0 cm³/mol. The molecule has 1 atom stereocenters. The molecule has 1 unspecified atom stereocenters. The van der Waals surface area contributed by atoms with E-state index in [1.807, 2.05) is 30.3 Å². The lowest BCUT2D eigenvalue weighted by molar-refractivity contribution is 0.0504. The van der Waals surface area contributed by atoms with Crippen molar-refractivity contribution in [3.05, 3.63) is 48.1 Å². The monoisotopic (exact) mass is 275 g/mol. The van der Waals surface area contributed by atoms with E-state index in [9.17, 15) is 4.79 Å². The van der Waals surface area contributed by atoms with Gasteiger partial charge >= 0.3 is 6.09 Å². The molecule has 0 aliphatic carbocycles. The molecule has 0 radical (unpaired) electrons. The fourth-order valence-corrected chi connectivity index (χ4v) is 1.67. The maximum Gasteiger partial charge on any atom is 0.408 e. The molecule has 0 fully saturated rings. The molecule has 0 aliphatic heterocycles. The quantitative estimate of drug-likeness (QED) is 0.931. The van der Waals surface area contributed by atoms with Gasteiger partial charge in [0.25, 0.3) is 5.89 Å². The summed E-state index contributed by atoms with van der Waals surface area (Å²) in [5.74, 6) is 0.307. The topological polar surface area (TPSA) is 77.2 Å². The molecule has 0 bridgehead atoms. The Kier molecular flexibility index (Phi) is 4.02. The molecule has 6 heteroatoms. The normalized spacial score (nSPS) is 12.8. The molecular weight excluding hydrogens is 258 g/mol. The highest BCUT2D eigenvalue weighted by molar-refractivity contribution is 5.68. The van der Waals surface area contributed by atoms with Crippen LogP contribution in [0.1, 0.15) is 38.3 Å². The van der Waals surface area contributed by atoms with E-state index in [1.165, 1.54) is 6.33 Å². The number of ether oxygens (including phenoxy) is 1. The minimum absolute atomic E-state index is 0.307. The maximum atomic E-state index is 11.9. The molecule has 6 nitrogen and oxygen atoms in total. The van der Waals surface area contributed by atoms with Gasteiger partial charge in [-0.2, -0.15) is 4.98 Å². The standard InChI is InChI=1S/C14H17N3O3/c1-14(2,3)19-13(18)17-11(12-15-9-16-20-12)10-7-5-4-6-8-10/h4-9,11H,1-3H3,(H,17,18). The molecule has 0 aliphatic rings. The molecule has 0 saturated carbocycles. The smallest absolute Gasteiger partial charge is 0.408 e. The van der Waals surface area contributed by atoms with Crippen molar-refractivity contribution in [3.63, 3.8) is 0 Å². The molecule has 20 heavy (non-hydrogen) atoms. The number of aromatic nitrogens is 2. The fourth-order valence-electron chi connectivity index (χ4n) is 1.67. The van der Waals surface area contributed by atoms with Crippen LogP contribution in [0, 0.1) is 0 Å². The van der Waals surface area contributed by atoms with Crippen LogP contribution in [0.25, 0.3) is 0 Å². The van der Waals surface area contributed by atoms with Gasteiger partial charge < -0.3 is 14.6 Å². The molecule has 0 spiro atoms. The van der Waals surface area contributed by atoms with Crippen LogP contribution in [-0.4, -0.2) is 21.8 Å². The van der Waals surface area contributed by atoms with E-state index in [2.05, 4.69) is 15.5 Å². The zero-order valence-corrected chi connectivity index (χ0v) is 11.7. The highest BCUT2D eigenvalue weighted by Crippen LogP contribution is 2.20. The molecule has 1 heterocycles. The molecule has 1 amide bonds. The third-order valence-electron chi connectivity index (χ3n) is 2.42. The van der Waals surface area contributed by atoms with Crippen molar-refractivity contribution in [1.82, 2.24) is 15.5 Å². The second kappa shape index (κ2) is 5.73. The van der Waals surface area contributed by atoms with Crippen LogP contribution in [0.5, 0.6) is 0 Å². The van der Waals surface area contributed by atoms with Crippen molar-refractivity contribution in [2.24, 2.45) is 0 Å². The fraction of sp³-hybridized carbons (Fsp3) is 0.357. The number of nitrogens with zero attached hydrogens (tertiary/aromatic N) is 2. The first-order chi connectivity index (χ1) is 9.46. The molecular formula is C14H17N3O3. The molecule has 0 saturated heterocycles. The first-order valence-electron chi connectivity index (χ1n) is 6.27. The highest BCUT2D eigenvalue weighted by atomic mass is 16.6. The van der Waals surface area contributed by atoms with Crippen LogP contribution in [-0.2, 0) is 4.74 Å². The summed E-state index contributed by atoms with van der Waals surface area (Å²) in [7, 11) is 0. The first kappa shape index (κ1) is 14.0. The minimum atomic E-state index is -0.569. The zero-order chi connectivity index (χ0) is 14.6. The number of rotatable bonds is 3. The summed E-state index contributed by atoms with van der Waals surface area (Å²) in [6, 6.07) is 8.83. The number of hydrogen-bond donors (Lipinski definition) is 1. The maximum absolute atomic E-state index is 11.9. The van der Waals surface area contributed by atoms with Gasteiger partial charge in [-0.05, 0) is 26.3 Å². The molecule has 1 aromatic carbocycles. The lowest BCUT2D eigenvalue weighted by Gasteiger charge is -2.22. The van der Waals surface area contributed by atoms with Crippen molar-refractivity contribution < 1.29 is 14.1 Å². The molecule has 106 valence electrons. The van der Waals surface area contributed by atoms with Crippen molar-refractivity contribution in [1.29, 1.82) is 0 Å². The summed E-state index contributed by atoms with van der Waals surface area (Å²) in [5.41, 5.74) is 0.266. The van der Waals surface area contributed by atoms with Crippen molar-refractivity contribution >= 4 is 6.09 Å². The summed E-state index contributed by atoms with van der Waals surface area (Å²) >= 11 is 0. The van der Waals surface area contributed by atoms with Crippen molar-refractivity contribution in [2.75, 3.05) is 0 Å². The van der Waals surface area contributed by atoms with Crippen molar-refractivity contribution in [2.45, 2.75) is 32.4 Å². The van der Waals surface area contributed by atoms with Gasteiger partial charge in [0.15, 0.2) is 6.33 Å². The van der Waals surface area contributed by atoms with Gasteiger partial charge in [-0.25, -0.2) is 4.79 Å². The minimum Gasteiger partial charge on any atom is -0.444 e. The summed E-state index contributed by atoms with van der Waals surface area (Å²) in [6.07, 6.45) is 0.756. The van der Waals surface area contributed by atoms with E-state index in [4.69, 9.17) is 9.26 Å². The second-order valence-corrected chi connectivity index (χ2v) is 5.27. The number of benzene rings is 1. The Bertz CT molecular complexity index is 547. The van der Waals surface area contributed by atoms with Gasteiger partial charge in [-0.1, -0.05) is 35.5 Å². The highest BCUT2D eigenvalue weighted by Gasteiger charge is 2.24. The third kappa shape index (κ3) is 3.81. The van der Waals surface area contributed by atoms with Crippen LogP contribution in [0.15, 0.2) is 41.2 Å². The average Bonchev–Trinajstić information content (AvgIpc) is 2.88. The Morgan fingerprint density at radius 1 is 1.30 bits per heavy atom. The SMILES string of the molecule is CC(C)(C)OC(=O)NC(c1ccccc1)c1ncno1. The number of carbonyl (C=O) groups excluding carboxylic acids is 1. The summed E-state index contributed by atoms with van der Waals surface area (Å²) < 4.78 is 10.3. The number of carbonyl (C=O) groups is 1. The van der Waals surface area contributed by atoms with Crippen LogP contribution in [0.4, 0.5) is 4.79 Å². The number of amides is 1. The lowest BCUT2D eigenvalue weighted by atomic mass is 10.1. The number of alkyl carbamates (subject to hydrolysis) is 1. The molecule has 1 N–H and O–H groups in total. The summed E-state index contributed by atoms with van der Waals surface area (Å²) in [4.78, 5) is 15.9. The third-order valence-corrected chi connectivity index (χ3v) is 2.42. The van der Waals surface area contributed by atoms with E-state index in [1.54, 1.807) is 20.8 Å². The van der Waals surface area contributed by atoms with Gasteiger partial charge in [0.2, 0.25) is 0 Å². The van der Waals surface area contributed by atoms with Crippen LogP contribution in [0.2, 0.25) is 0 Å². The molecule has 1 aromatic heterocycles. The van der Waals surface area contributed by atoms with E-state index in [-0.39, 0.29) is 0 Å². The summed E-state index contributed by atoms with van der Waals surface area (Å²) in [6.45, 7) is 5.41. The number of hydrogen-bond acceptors (Lipinski definition) is 5. The van der Waals surface area contributed by atoms with E-state index < -0.39 is 17.7 Å². The lowest BCUT2D eigenvalue weighted by Crippen LogP contribution is -2.35. The number of nitrogens with one attached hydrogen (secondary N) is 1. The Morgan fingerprint density at radius 3 is 2.55 bits per heavy atom. The average molecular weight is 275 g/mol. The molecule has 2 rings (SSSR count). The Labute approximate surface area is 117 Å². The second-order valence-electron chi connectivity index (χ2n) is 5.27. The van der Waals surface area contributed by atoms with Gasteiger partial charge in [0, 0.05) is 0 Å². The van der Waals surface area contributed by atoms with Gasteiger partial charge in [-0.15, -0.1) is 0 Å². The van der Waals surface area contributed by atoms with E-state index in [0.717, 1.165) is 5.56 Å². The zero-order valence-electron chi connectivity index (χ0n) is 11.7. The van der Waals surface area contributed by atoms with Gasteiger partial charge in [-0.3, -0.25) is 0 Å². The largest absolute Gasteiger partial charge is 0.444 e. The van der Waals surface area contributed by atoms with E-state index in [0.29, 0.717) is 5.89 Å². The van der Waals surface area contributed by atoms with Crippen molar-refractivity contribution in [3.8, 4) is 0 Å². The first-order valence-corrected chi connectivity index (χ1v) is 6.27. The Balaban J connectivity index is 2.19. The van der Waals surface area contributed by atoms with Gasteiger partial charge in [0.05, 0.1) is 0 Å². The van der Waals surface area contributed by atoms with Crippen LogP contribution < -0.4 is 5.32 Å². The Morgan fingerprint density at radius 2 is 2.00 bits per heavy atom. The molecule has 2 aromatic rings. The van der Waals surface area contributed by atoms with Gasteiger partial charge in [0.1, 0.15) is 11.6 Å².